The third-order valence-electron chi connectivity index (χ3n) is 10.0. The Morgan fingerprint density at radius 3 is 2.63 bits per heavy atom. The van der Waals surface area contributed by atoms with Crippen molar-refractivity contribution in [2.75, 3.05) is 7.11 Å². The van der Waals surface area contributed by atoms with Crippen molar-refractivity contribution in [3.63, 3.8) is 0 Å². The number of ether oxygens (including phenoxy) is 1. The molecule has 0 radical (unpaired) electrons. The number of esters is 1. The van der Waals surface area contributed by atoms with Crippen molar-refractivity contribution in [1.82, 2.24) is 0 Å². The van der Waals surface area contributed by atoms with Crippen LogP contribution in [0, 0.1) is 46.3 Å². The lowest BCUT2D eigenvalue weighted by molar-refractivity contribution is -0.141. The van der Waals surface area contributed by atoms with Crippen LogP contribution in [0.15, 0.2) is 12.2 Å². The maximum Gasteiger partial charge on any atom is 0.305 e. The molecule has 0 aromatic carbocycles. The summed E-state index contributed by atoms with van der Waals surface area (Å²) in [6.45, 7) is 7.65. The lowest BCUT2D eigenvalue weighted by atomic mass is 9.45. The van der Waals surface area contributed by atoms with Crippen molar-refractivity contribution in [3.8, 4) is 0 Å². The van der Waals surface area contributed by atoms with Gasteiger partial charge in [0.2, 0.25) is 0 Å². The molecule has 0 aromatic heterocycles. The van der Waals surface area contributed by atoms with Crippen LogP contribution in [0.1, 0.15) is 85.0 Å². The Morgan fingerprint density at radius 1 is 1.07 bits per heavy atom. The third kappa shape index (κ3) is 3.10. The van der Waals surface area contributed by atoms with E-state index in [0.29, 0.717) is 23.2 Å². The predicted octanol–water partition coefficient (Wildman–Crippen LogP) is 6.40. The van der Waals surface area contributed by atoms with E-state index >= 15 is 0 Å². The van der Waals surface area contributed by atoms with Crippen LogP contribution in [0.5, 0.6) is 0 Å². The number of hydrogen-bond donors (Lipinski definition) is 0. The molecule has 4 rings (SSSR count). The van der Waals surface area contributed by atoms with Crippen LogP contribution in [0.25, 0.3) is 0 Å². The van der Waals surface area contributed by atoms with Crippen molar-refractivity contribution in [2.45, 2.75) is 85.0 Å². The van der Waals surface area contributed by atoms with Crippen molar-refractivity contribution >= 4 is 5.97 Å². The second kappa shape index (κ2) is 7.23. The zero-order valence-corrected chi connectivity index (χ0v) is 18.0. The van der Waals surface area contributed by atoms with Crippen LogP contribution in [-0.2, 0) is 9.53 Å². The molecule has 4 aliphatic rings. The topological polar surface area (TPSA) is 26.3 Å². The lowest BCUT2D eigenvalue weighted by Gasteiger charge is -2.60. The average Bonchev–Trinajstić information content (AvgIpc) is 3.02. The summed E-state index contributed by atoms with van der Waals surface area (Å²) in [5, 5.41) is 0. The Morgan fingerprint density at radius 2 is 1.85 bits per heavy atom. The van der Waals surface area contributed by atoms with Gasteiger partial charge in [-0.3, -0.25) is 4.79 Å². The predicted molar refractivity (Wildman–Crippen MR) is 110 cm³/mol. The van der Waals surface area contributed by atoms with E-state index in [1.807, 2.05) is 0 Å². The maximum absolute atomic E-state index is 11.6. The second-order valence-electron chi connectivity index (χ2n) is 10.9. The summed E-state index contributed by atoms with van der Waals surface area (Å²) in [6.07, 6.45) is 17.8. The number of carbonyl (C=O) groups excluding carboxylic acids is 1. The molecule has 0 amide bonds. The van der Waals surface area contributed by atoms with Gasteiger partial charge >= 0.3 is 5.97 Å². The molecule has 0 bridgehead atoms. The van der Waals surface area contributed by atoms with Crippen LogP contribution >= 0.6 is 0 Å². The second-order valence-corrected chi connectivity index (χ2v) is 10.9. The summed E-state index contributed by atoms with van der Waals surface area (Å²) < 4.78 is 4.88. The quantitative estimate of drug-likeness (QED) is 0.421. The molecule has 3 fully saturated rings. The standard InChI is InChI=1S/C25H40O2/c1-17(8-13-23(26)27-4)20-11-12-21-19-10-9-18-7-5-6-15-24(18,2)22(19)14-16-25(20,21)3/h5-6,17-22H,7-16H2,1-4H3/t17-,18-,19+,20-,21+,22+,24+,25-/m1/s1. The molecule has 152 valence electrons. The van der Waals surface area contributed by atoms with Gasteiger partial charge in [0.25, 0.3) is 0 Å². The van der Waals surface area contributed by atoms with Crippen LogP contribution in [0.3, 0.4) is 0 Å². The van der Waals surface area contributed by atoms with Gasteiger partial charge in [0.15, 0.2) is 0 Å². The number of carbonyl (C=O) groups is 1. The number of fused-ring (bicyclic) bond motifs is 5. The summed E-state index contributed by atoms with van der Waals surface area (Å²) in [4.78, 5) is 11.6. The zero-order valence-electron chi connectivity index (χ0n) is 18.0. The largest absolute Gasteiger partial charge is 0.469 e. The molecule has 27 heavy (non-hydrogen) atoms. The number of allylic oxidation sites excluding steroid dienone is 2. The Kier molecular flexibility index (Phi) is 5.23. The first-order valence-corrected chi connectivity index (χ1v) is 11.6. The zero-order chi connectivity index (χ0) is 19.2. The first kappa shape index (κ1) is 19.5. The SMILES string of the molecule is COC(=O)CC[C@@H](C)[C@H]1CC[C@H]2[C@@H]3CC[C@H]4CC=CC[C@]4(C)[C@H]3CC[C@]12C. The van der Waals surface area contributed by atoms with Crippen LogP contribution < -0.4 is 0 Å². The minimum absolute atomic E-state index is 0.0399. The van der Waals surface area contributed by atoms with Gasteiger partial charge in [-0.2, -0.15) is 0 Å². The molecular formula is C25H40O2. The minimum Gasteiger partial charge on any atom is -0.469 e. The van der Waals surface area contributed by atoms with E-state index in [4.69, 9.17) is 4.74 Å². The molecule has 8 atom stereocenters. The van der Waals surface area contributed by atoms with Crippen molar-refractivity contribution < 1.29 is 9.53 Å². The molecular weight excluding hydrogens is 332 g/mol. The highest BCUT2D eigenvalue weighted by Crippen LogP contribution is 2.67. The fraction of sp³-hybridized carbons (Fsp3) is 0.880. The highest BCUT2D eigenvalue weighted by molar-refractivity contribution is 5.69. The Bertz CT molecular complexity index is 595. The smallest absolute Gasteiger partial charge is 0.305 e. The van der Waals surface area contributed by atoms with Crippen molar-refractivity contribution in [2.24, 2.45) is 46.3 Å². The first-order valence-electron chi connectivity index (χ1n) is 11.6. The van der Waals surface area contributed by atoms with Crippen molar-refractivity contribution in [1.29, 1.82) is 0 Å². The molecule has 3 saturated carbocycles. The van der Waals surface area contributed by atoms with E-state index in [1.165, 1.54) is 58.5 Å². The summed E-state index contributed by atoms with van der Waals surface area (Å²) in [5.41, 5.74) is 1.07. The van der Waals surface area contributed by atoms with E-state index in [-0.39, 0.29) is 5.97 Å². The molecule has 0 N–H and O–H groups in total. The molecule has 0 aliphatic heterocycles. The van der Waals surface area contributed by atoms with Gasteiger partial charge in [0.1, 0.15) is 0 Å². The van der Waals surface area contributed by atoms with Gasteiger partial charge in [-0.1, -0.05) is 32.9 Å². The number of hydrogen-bond acceptors (Lipinski definition) is 2. The number of rotatable bonds is 4. The lowest BCUT2D eigenvalue weighted by Crippen LogP contribution is -2.52. The average molecular weight is 373 g/mol. The Hall–Kier alpha value is -0.790. The highest BCUT2D eigenvalue weighted by atomic mass is 16.5. The maximum atomic E-state index is 11.6. The van der Waals surface area contributed by atoms with Crippen LogP contribution in [-0.4, -0.2) is 13.1 Å². The molecule has 0 heterocycles. The van der Waals surface area contributed by atoms with Gasteiger partial charge in [-0.25, -0.2) is 0 Å². The minimum atomic E-state index is -0.0399. The molecule has 0 unspecified atom stereocenters. The van der Waals surface area contributed by atoms with Gasteiger partial charge in [0.05, 0.1) is 7.11 Å². The molecule has 4 aliphatic carbocycles. The van der Waals surface area contributed by atoms with E-state index in [2.05, 4.69) is 32.9 Å². The summed E-state index contributed by atoms with van der Waals surface area (Å²) >= 11 is 0. The third-order valence-corrected chi connectivity index (χ3v) is 10.0. The van der Waals surface area contributed by atoms with E-state index < -0.39 is 0 Å². The van der Waals surface area contributed by atoms with E-state index in [1.54, 1.807) is 0 Å². The Labute approximate surface area is 166 Å². The van der Waals surface area contributed by atoms with Crippen molar-refractivity contribution in [3.05, 3.63) is 12.2 Å². The molecule has 0 saturated heterocycles. The van der Waals surface area contributed by atoms with Gasteiger partial charge in [0, 0.05) is 6.42 Å². The molecule has 2 nitrogen and oxygen atoms in total. The highest BCUT2D eigenvalue weighted by Gasteiger charge is 2.59. The van der Waals surface area contributed by atoms with E-state index in [0.717, 1.165) is 36.0 Å². The summed E-state index contributed by atoms with van der Waals surface area (Å²) in [6, 6.07) is 0. The molecule has 2 heteroatoms. The summed E-state index contributed by atoms with van der Waals surface area (Å²) in [7, 11) is 1.51. The van der Waals surface area contributed by atoms with Gasteiger partial charge < -0.3 is 4.74 Å². The molecule has 0 spiro atoms. The van der Waals surface area contributed by atoms with Crippen LogP contribution in [0.2, 0.25) is 0 Å². The molecule has 0 aromatic rings. The van der Waals surface area contributed by atoms with E-state index in [9.17, 15) is 4.79 Å². The van der Waals surface area contributed by atoms with Crippen LogP contribution in [0.4, 0.5) is 0 Å². The number of methoxy groups -OCH3 is 1. The fourth-order valence-corrected chi connectivity index (χ4v) is 8.46. The first-order chi connectivity index (χ1) is 12.9. The van der Waals surface area contributed by atoms with Gasteiger partial charge in [-0.15, -0.1) is 0 Å². The van der Waals surface area contributed by atoms with Gasteiger partial charge in [-0.05, 0) is 104 Å². The fourth-order valence-electron chi connectivity index (χ4n) is 8.46. The monoisotopic (exact) mass is 372 g/mol. The normalized spacial score (nSPS) is 46.9. The summed E-state index contributed by atoms with van der Waals surface area (Å²) in [5.74, 6) is 5.15. The Balaban J connectivity index is 1.49.